The SMILES string of the molecule is CC(C)(C)C(=O)OC1CNC(C)(c2ccccc2)C1. The maximum Gasteiger partial charge on any atom is 0.311 e. The fourth-order valence-corrected chi connectivity index (χ4v) is 2.38. The fraction of sp³-hybridized carbons (Fsp3) is 0.562. The van der Waals surface area contributed by atoms with E-state index in [0.717, 1.165) is 6.42 Å². The Bertz CT molecular complexity index is 450. The Kier molecular flexibility index (Phi) is 3.68. The molecule has 1 heterocycles. The van der Waals surface area contributed by atoms with E-state index in [0.29, 0.717) is 6.54 Å². The molecule has 2 atom stereocenters. The molecule has 1 fully saturated rings. The van der Waals surface area contributed by atoms with Crippen LogP contribution in [0.25, 0.3) is 0 Å². The predicted molar refractivity (Wildman–Crippen MR) is 75.7 cm³/mol. The third kappa shape index (κ3) is 3.16. The minimum absolute atomic E-state index is 0.0445. The minimum atomic E-state index is -0.439. The smallest absolute Gasteiger partial charge is 0.311 e. The lowest BCUT2D eigenvalue weighted by atomic mass is 9.90. The van der Waals surface area contributed by atoms with Gasteiger partial charge in [0.2, 0.25) is 0 Å². The molecule has 0 bridgehead atoms. The number of ether oxygens (including phenoxy) is 1. The van der Waals surface area contributed by atoms with Crippen LogP contribution in [0.1, 0.15) is 39.7 Å². The van der Waals surface area contributed by atoms with Gasteiger partial charge in [0, 0.05) is 18.5 Å². The number of nitrogens with one attached hydrogen (secondary N) is 1. The Balaban J connectivity index is 2.02. The first kappa shape index (κ1) is 14.1. The van der Waals surface area contributed by atoms with E-state index in [1.165, 1.54) is 5.56 Å². The molecule has 3 heteroatoms. The zero-order chi connectivity index (χ0) is 14.1. The summed E-state index contributed by atoms with van der Waals surface area (Å²) in [6.45, 7) is 8.52. The second-order valence-electron chi connectivity index (χ2n) is 6.56. The minimum Gasteiger partial charge on any atom is -0.461 e. The molecule has 0 aromatic heterocycles. The van der Waals surface area contributed by atoms with Gasteiger partial charge in [-0.1, -0.05) is 30.3 Å². The molecule has 104 valence electrons. The number of carbonyl (C=O) groups is 1. The van der Waals surface area contributed by atoms with Gasteiger partial charge >= 0.3 is 5.97 Å². The lowest BCUT2D eigenvalue weighted by Gasteiger charge is -2.25. The van der Waals surface area contributed by atoms with Crippen LogP contribution in [0, 0.1) is 5.41 Å². The Morgan fingerprint density at radius 3 is 2.53 bits per heavy atom. The molecule has 0 radical (unpaired) electrons. The molecule has 0 aliphatic carbocycles. The highest BCUT2D eigenvalue weighted by atomic mass is 16.5. The van der Waals surface area contributed by atoms with Crippen LogP contribution in [-0.2, 0) is 15.1 Å². The Morgan fingerprint density at radius 1 is 1.32 bits per heavy atom. The topological polar surface area (TPSA) is 38.3 Å². The van der Waals surface area contributed by atoms with Crippen molar-refractivity contribution in [3.63, 3.8) is 0 Å². The molecule has 1 N–H and O–H groups in total. The van der Waals surface area contributed by atoms with Crippen LogP contribution in [0.15, 0.2) is 30.3 Å². The van der Waals surface area contributed by atoms with Crippen molar-refractivity contribution >= 4 is 5.97 Å². The molecule has 1 aliphatic rings. The standard InChI is InChI=1S/C16H23NO2/c1-15(2,3)14(18)19-13-10-16(4,17-11-13)12-8-6-5-7-9-12/h5-9,13,17H,10-11H2,1-4H3. The maximum atomic E-state index is 11.9. The van der Waals surface area contributed by atoms with Crippen LogP contribution in [0.4, 0.5) is 0 Å². The summed E-state index contributed by atoms with van der Waals surface area (Å²) in [5.74, 6) is -0.128. The lowest BCUT2D eigenvalue weighted by molar-refractivity contribution is -0.157. The van der Waals surface area contributed by atoms with Crippen molar-refractivity contribution in [2.24, 2.45) is 5.41 Å². The van der Waals surface area contributed by atoms with Crippen LogP contribution in [0.3, 0.4) is 0 Å². The molecule has 0 spiro atoms. The van der Waals surface area contributed by atoms with Gasteiger partial charge in [0.05, 0.1) is 5.41 Å². The number of esters is 1. The summed E-state index contributed by atoms with van der Waals surface area (Å²) >= 11 is 0. The quantitative estimate of drug-likeness (QED) is 0.832. The summed E-state index contributed by atoms with van der Waals surface area (Å²) in [5.41, 5.74) is 0.694. The monoisotopic (exact) mass is 261 g/mol. The summed E-state index contributed by atoms with van der Waals surface area (Å²) in [7, 11) is 0. The molecular weight excluding hydrogens is 238 g/mol. The lowest BCUT2D eigenvalue weighted by Crippen LogP contribution is -2.32. The average molecular weight is 261 g/mol. The molecule has 0 amide bonds. The van der Waals surface area contributed by atoms with Gasteiger partial charge in [0.15, 0.2) is 0 Å². The Morgan fingerprint density at radius 2 is 1.95 bits per heavy atom. The van der Waals surface area contributed by atoms with Crippen molar-refractivity contribution in [3.05, 3.63) is 35.9 Å². The molecule has 2 unspecified atom stereocenters. The van der Waals surface area contributed by atoms with Crippen molar-refractivity contribution in [1.29, 1.82) is 0 Å². The van der Waals surface area contributed by atoms with Gasteiger partial charge in [-0.05, 0) is 33.3 Å². The van der Waals surface area contributed by atoms with Crippen molar-refractivity contribution in [1.82, 2.24) is 5.32 Å². The van der Waals surface area contributed by atoms with Crippen LogP contribution in [-0.4, -0.2) is 18.6 Å². The first-order valence-electron chi connectivity index (χ1n) is 6.83. The van der Waals surface area contributed by atoms with Gasteiger partial charge < -0.3 is 10.1 Å². The molecule has 1 aliphatic heterocycles. The molecule has 1 saturated heterocycles. The van der Waals surface area contributed by atoms with Gasteiger partial charge in [-0.3, -0.25) is 4.79 Å². The molecule has 3 nitrogen and oxygen atoms in total. The van der Waals surface area contributed by atoms with E-state index in [4.69, 9.17) is 4.74 Å². The van der Waals surface area contributed by atoms with Crippen LogP contribution < -0.4 is 5.32 Å². The first-order chi connectivity index (χ1) is 8.81. The second kappa shape index (κ2) is 4.97. The van der Waals surface area contributed by atoms with E-state index in [-0.39, 0.29) is 17.6 Å². The first-order valence-corrected chi connectivity index (χ1v) is 6.83. The van der Waals surface area contributed by atoms with Gasteiger partial charge in [-0.15, -0.1) is 0 Å². The van der Waals surface area contributed by atoms with E-state index in [1.54, 1.807) is 0 Å². The van der Waals surface area contributed by atoms with E-state index in [9.17, 15) is 4.79 Å². The molecule has 19 heavy (non-hydrogen) atoms. The average Bonchev–Trinajstić information content (AvgIpc) is 2.72. The van der Waals surface area contributed by atoms with E-state index in [2.05, 4.69) is 24.4 Å². The van der Waals surface area contributed by atoms with Crippen molar-refractivity contribution in [2.75, 3.05) is 6.54 Å². The highest BCUT2D eigenvalue weighted by Gasteiger charge is 2.39. The number of benzene rings is 1. The van der Waals surface area contributed by atoms with Crippen LogP contribution in [0.5, 0.6) is 0 Å². The number of carbonyl (C=O) groups excluding carboxylic acids is 1. The van der Waals surface area contributed by atoms with E-state index >= 15 is 0 Å². The third-order valence-corrected chi connectivity index (χ3v) is 3.65. The summed E-state index contributed by atoms with van der Waals surface area (Å²) < 4.78 is 5.59. The molecular formula is C16H23NO2. The van der Waals surface area contributed by atoms with Gasteiger partial charge in [0.25, 0.3) is 0 Å². The van der Waals surface area contributed by atoms with E-state index < -0.39 is 5.41 Å². The molecule has 2 rings (SSSR count). The van der Waals surface area contributed by atoms with Gasteiger partial charge in [-0.25, -0.2) is 0 Å². The molecule has 1 aromatic carbocycles. The Labute approximate surface area is 115 Å². The number of rotatable bonds is 2. The van der Waals surface area contributed by atoms with Crippen LogP contribution in [0.2, 0.25) is 0 Å². The largest absolute Gasteiger partial charge is 0.461 e. The normalized spacial score (nSPS) is 27.3. The predicted octanol–water partition coefficient (Wildman–Crippen LogP) is 2.85. The van der Waals surface area contributed by atoms with Crippen molar-refractivity contribution in [2.45, 2.75) is 45.8 Å². The zero-order valence-corrected chi connectivity index (χ0v) is 12.2. The second-order valence-corrected chi connectivity index (χ2v) is 6.56. The molecule has 0 saturated carbocycles. The van der Waals surface area contributed by atoms with Gasteiger partial charge in [0.1, 0.15) is 6.10 Å². The van der Waals surface area contributed by atoms with Crippen molar-refractivity contribution in [3.8, 4) is 0 Å². The number of hydrogen-bond donors (Lipinski definition) is 1. The van der Waals surface area contributed by atoms with Gasteiger partial charge in [-0.2, -0.15) is 0 Å². The maximum absolute atomic E-state index is 11.9. The summed E-state index contributed by atoms with van der Waals surface area (Å²) in [4.78, 5) is 11.9. The highest BCUT2D eigenvalue weighted by Crippen LogP contribution is 2.32. The zero-order valence-electron chi connectivity index (χ0n) is 12.2. The van der Waals surface area contributed by atoms with Crippen molar-refractivity contribution < 1.29 is 9.53 Å². The molecule has 1 aromatic rings. The third-order valence-electron chi connectivity index (χ3n) is 3.65. The summed E-state index contributed by atoms with van der Waals surface area (Å²) in [6, 6.07) is 10.3. The van der Waals surface area contributed by atoms with E-state index in [1.807, 2.05) is 39.0 Å². The summed E-state index contributed by atoms with van der Waals surface area (Å²) in [5, 5.41) is 3.48. The summed E-state index contributed by atoms with van der Waals surface area (Å²) in [6.07, 6.45) is 0.774. The Hall–Kier alpha value is -1.35. The van der Waals surface area contributed by atoms with Crippen LogP contribution >= 0.6 is 0 Å². The fourth-order valence-electron chi connectivity index (χ4n) is 2.38. The number of hydrogen-bond acceptors (Lipinski definition) is 3. The highest BCUT2D eigenvalue weighted by molar-refractivity contribution is 5.75.